The van der Waals surface area contributed by atoms with Crippen molar-refractivity contribution < 1.29 is 9.47 Å². The van der Waals surface area contributed by atoms with Gasteiger partial charge >= 0.3 is 5.88 Å². The van der Waals surface area contributed by atoms with Crippen molar-refractivity contribution >= 4 is 10.9 Å². The Bertz CT molecular complexity index is 457. The van der Waals surface area contributed by atoms with Crippen molar-refractivity contribution in [3.8, 4) is 5.88 Å². The molecule has 0 bridgehead atoms. The molecule has 4 nitrogen and oxygen atoms in total. The molecule has 0 unspecified atom stereocenters. The first-order valence-electron chi connectivity index (χ1n) is 4.42. The van der Waals surface area contributed by atoms with Crippen molar-refractivity contribution in [2.75, 3.05) is 6.61 Å². The monoisotopic (exact) mass is 190 g/mol. The van der Waals surface area contributed by atoms with Crippen molar-refractivity contribution in [2.24, 2.45) is 0 Å². The van der Waals surface area contributed by atoms with Gasteiger partial charge in [-0.3, -0.25) is 0 Å². The van der Waals surface area contributed by atoms with Gasteiger partial charge < -0.3 is 9.94 Å². The number of nitrogens with zero attached hydrogens (tertiary/aromatic N) is 2. The number of hydrogen-bond donors (Lipinski definition) is 0. The zero-order valence-electron chi connectivity index (χ0n) is 7.80. The Kier molecular flexibility index (Phi) is 2.18. The van der Waals surface area contributed by atoms with Gasteiger partial charge in [0.05, 0.1) is 6.61 Å². The smallest absolute Gasteiger partial charge is 0.339 e. The van der Waals surface area contributed by atoms with E-state index in [-0.39, 0.29) is 0 Å². The summed E-state index contributed by atoms with van der Waals surface area (Å²) < 4.78 is 6.04. The number of hydrogen-bond acceptors (Lipinski definition) is 3. The molecule has 0 aliphatic heterocycles. The van der Waals surface area contributed by atoms with E-state index in [1.807, 2.05) is 25.1 Å². The molecule has 1 heterocycles. The fourth-order valence-corrected chi connectivity index (χ4v) is 1.34. The summed E-state index contributed by atoms with van der Waals surface area (Å²) in [6.45, 7) is 2.43. The van der Waals surface area contributed by atoms with Crippen LogP contribution in [0.1, 0.15) is 6.92 Å². The summed E-state index contributed by atoms with van der Waals surface area (Å²) in [6, 6.07) is 7.23. The minimum atomic E-state index is 0.509. The number of para-hydroxylation sites is 1. The molecule has 0 fully saturated rings. The molecule has 0 amide bonds. The van der Waals surface area contributed by atoms with Gasteiger partial charge in [0, 0.05) is 0 Å². The quantitative estimate of drug-likeness (QED) is 0.529. The molecular formula is C10H10N2O2. The molecule has 0 spiro atoms. The van der Waals surface area contributed by atoms with Crippen LogP contribution in [-0.4, -0.2) is 11.6 Å². The molecule has 1 aromatic heterocycles. The molecule has 72 valence electrons. The average Bonchev–Trinajstić information content (AvgIpc) is 2.23. The first-order valence-corrected chi connectivity index (χ1v) is 4.42. The van der Waals surface area contributed by atoms with Crippen LogP contribution >= 0.6 is 0 Å². The minimum absolute atomic E-state index is 0.509. The Morgan fingerprint density at radius 3 is 3.00 bits per heavy atom. The zero-order valence-corrected chi connectivity index (χ0v) is 7.80. The van der Waals surface area contributed by atoms with Crippen LogP contribution in [0.5, 0.6) is 5.88 Å². The highest BCUT2D eigenvalue weighted by Gasteiger charge is 2.10. The van der Waals surface area contributed by atoms with Gasteiger partial charge in [0.1, 0.15) is 10.9 Å². The van der Waals surface area contributed by atoms with Crippen molar-refractivity contribution in [3.63, 3.8) is 0 Å². The van der Waals surface area contributed by atoms with E-state index < -0.39 is 0 Å². The predicted molar refractivity (Wildman–Crippen MR) is 51.9 cm³/mol. The van der Waals surface area contributed by atoms with Crippen molar-refractivity contribution in [1.29, 1.82) is 0 Å². The van der Waals surface area contributed by atoms with Crippen molar-refractivity contribution in [2.45, 2.75) is 6.92 Å². The Morgan fingerprint density at radius 1 is 1.43 bits per heavy atom. The Balaban J connectivity index is 2.68. The van der Waals surface area contributed by atoms with Gasteiger partial charge in [-0.15, -0.1) is 0 Å². The third-order valence-electron chi connectivity index (χ3n) is 1.93. The summed E-state index contributed by atoms with van der Waals surface area (Å²) in [4.78, 5) is 3.92. The van der Waals surface area contributed by atoms with Crippen LogP contribution in [0.15, 0.2) is 30.6 Å². The van der Waals surface area contributed by atoms with Gasteiger partial charge in [-0.05, 0) is 24.0 Å². The lowest BCUT2D eigenvalue weighted by Crippen LogP contribution is -2.27. The SMILES string of the molecule is CCOc1nc[n+]([O-])c2ccccc12. The lowest BCUT2D eigenvalue weighted by molar-refractivity contribution is -0.580. The normalized spacial score (nSPS) is 10.4. The lowest BCUT2D eigenvalue weighted by Gasteiger charge is -2.06. The zero-order chi connectivity index (χ0) is 9.97. The number of ether oxygens (including phenoxy) is 1. The van der Waals surface area contributed by atoms with E-state index in [0.717, 1.165) is 10.1 Å². The first kappa shape index (κ1) is 8.74. The van der Waals surface area contributed by atoms with Gasteiger partial charge in [-0.25, -0.2) is 4.73 Å². The van der Waals surface area contributed by atoms with Gasteiger partial charge in [0.25, 0.3) is 6.33 Å². The Morgan fingerprint density at radius 2 is 2.21 bits per heavy atom. The molecular weight excluding hydrogens is 180 g/mol. The number of aromatic nitrogens is 2. The second-order valence-electron chi connectivity index (χ2n) is 2.83. The van der Waals surface area contributed by atoms with Gasteiger partial charge in [-0.2, -0.15) is 0 Å². The van der Waals surface area contributed by atoms with Crippen LogP contribution in [0.25, 0.3) is 10.9 Å². The van der Waals surface area contributed by atoms with E-state index in [1.165, 1.54) is 6.33 Å². The molecule has 0 saturated heterocycles. The van der Waals surface area contributed by atoms with Crippen LogP contribution in [0.4, 0.5) is 0 Å². The summed E-state index contributed by atoms with van der Waals surface area (Å²) in [6.07, 6.45) is 1.22. The van der Waals surface area contributed by atoms with Crippen LogP contribution in [0.3, 0.4) is 0 Å². The van der Waals surface area contributed by atoms with E-state index in [2.05, 4.69) is 4.98 Å². The van der Waals surface area contributed by atoms with Gasteiger partial charge in [0.15, 0.2) is 0 Å². The maximum absolute atomic E-state index is 11.3. The van der Waals surface area contributed by atoms with E-state index in [4.69, 9.17) is 4.74 Å². The molecule has 0 saturated carbocycles. The van der Waals surface area contributed by atoms with Crippen LogP contribution in [-0.2, 0) is 0 Å². The highest BCUT2D eigenvalue weighted by molar-refractivity contribution is 5.80. The van der Waals surface area contributed by atoms with Crippen LogP contribution < -0.4 is 9.47 Å². The summed E-state index contributed by atoms with van der Waals surface area (Å²) in [7, 11) is 0. The molecule has 2 rings (SSSR count). The Labute approximate surface area is 81.4 Å². The predicted octanol–water partition coefficient (Wildman–Crippen LogP) is 1.27. The number of rotatable bonds is 2. The summed E-state index contributed by atoms with van der Waals surface area (Å²) in [5, 5.41) is 12.1. The summed E-state index contributed by atoms with van der Waals surface area (Å²) >= 11 is 0. The van der Waals surface area contributed by atoms with Crippen LogP contribution in [0.2, 0.25) is 0 Å². The molecule has 2 aromatic rings. The molecule has 4 heteroatoms. The molecule has 1 aromatic carbocycles. The molecule has 0 N–H and O–H groups in total. The standard InChI is InChI=1S/C10H10N2O2/c1-2-14-10-8-5-3-4-6-9(8)12(13)7-11-10/h3-7H,2H2,1H3. The lowest BCUT2D eigenvalue weighted by atomic mass is 10.2. The van der Waals surface area contributed by atoms with Crippen LogP contribution in [0, 0.1) is 5.21 Å². The summed E-state index contributed by atoms with van der Waals surface area (Å²) in [5.74, 6) is 0.509. The molecule has 0 aliphatic rings. The fourth-order valence-electron chi connectivity index (χ4n) is 1.34. The van der Waals surface area contributed by atoms with E-state index in [9.17, 15) is 5.21 Å². The second-order valence-corrected chi connectivity index (χ2v) is 2.83. The third kappa shape index (κ3) is 1.35. The van der Waals surface area contributed by atoms with E-state index >= 15 is 0 Å². The number of fused-ring (bicyclic) bond motifs is 1. The van der Waals surface area contributed by atoms with Gasteiger partial charge in [0.2, 0.25) is 0 Å². The second kappa shape index (κ2) is 3.49. The number of benzene rings is 1. The minimum Gasteiger partial charge on any atom is -0.710 e. The van der Waals surface area contributed by atoms with Crippen molar-refractivity contribution in [1.82, 2.24) is 4.98 Å². The summed E-state index contributed by atoms with van der Waals surface area (Å²) in [5.41, 5.74) is 0.575. The largest absolute Gasteiger partial charge is 0.710 e. The molecule has 14 heavy (non-hydrogen) atoms. The molecule has 0 atom stereocenters. The topological polar surface area (TPSA) is 49.1 Å². The maximum atomic E-state index is 11.3. The fraction of sp³-hybridized carbons (Fsp3) is 0.200. The van der Waals surface area contributed by atoms with E-state index in [1.54, 1.807) is 6.07 Å². The van der Waals surface area contributed by atoms with E-state index in [0.29, 0.717) is 18.0 Å². The van der Waals surface area contributed by atoms with Crippen molar-refractivity contribution in [3.05, 3.63) is 35.8 Å². The molecule has 0 radical (unpaired) electrons. The highest BCUT2D eigenvalue weighted by atomic mass is 16.5. The highest BCUT2D eigenvalue weighted by Crippen LogP contribution is 2.19. The molecule has 0 aliphatic carbocycles. The Hall–Kier alpha value is -1.84. The average molecular weight is 190 g/mol. The van der Waals surface area contributed by atoms with Gasteiger partial charge in [-0.1, -0.05) is 12.1 Å². The first-order chi connectivity index (χ1) is 6.83. The maximum Gasteiger partial charge on any atom is 0.339 e. The third-order valence-corrected chi connectivity index (χ3v) is 1.93.